The Morgan fingerprint density at radius 2 is 1.42 bits per heavy atom. The smallest absolute Gasteiger partial charge is 0.0740 e. The van der Waals surface area contributed by atoms with E-state index in [4.69, 9.17) is 10.2 Å². The van der Waals surface area contributed by atoms with Crippen LogP contribution in [0.25, 0.3) is 0 Å². The van der Waals surface area contributed by atoms with Crippen molar-refractivity contribution in [3.8, 4) is 0 Å². The lowest BCUT2D eigenvalue weighted by atomic mass is 9.94. The number of aliphatic hydroxyl groups excluding tert-OH is 4. The van der Waals surface area contributed by atoms with Crippen molar-refractivity contribution in [2.24, 2.45) is 0 Å². The zero-order chi connectivity index (χ0) is 9.14. The molecule has 0 radical (unpaired) electrons. The largest absolute Gasteiger partial charge is 0.395 e. The van der Waals surface area contributed by atoms with Gasteiger partial charge in [-0.2, -0.15) is 0 Å². The Bertz CT molecular complexity index is 129. The van der Waals surface area contributed by atoms with Crippen LogP contribution in [0, 0.1) is 0 Å². The third kappa shape index (κ3) is 1.94. The maximum atomic E-state index is 9.29. The predicted molar refractivity (Wildman–Crippen MR) is 41.5 cm³/mol. The van der Waals surface area contributed by atoms with E-state index in [1.54, 1.807) is 0 Å². The van der Waals surface area contributed by atoms with Crippen LogP contribution in [0.3, 0.4) is 0 Å². The summed E-state index contributed by atoms with van der Waals surface area (Å²) in [5.74, 6) is 0. The second-order valence-electron chi connectivity index (χ2n) is 3.12. The highest BCUT2D eigenvalue weighted by atomic mass is 16.3. The summed E-state index contributed by atoms with van der Waals surface area (Å²) in [6, 6.07) is -0.879. The van der Waals surface area contributed by atoms with Gasteiger partial charge in [0.2, 0.25) is 0 Å². The average molecular weight is 177 g/mol. The zero-order valence-electron chi connectivity index (χ0n) is 6.72. The average Bonchev–Trinajstić information content (AvgIpc) is 2.05. The molecule has 1 aliphatic heterocycles. The van der Waals surface area contributed by atoms with Crippen LogP contribution in [0.15, 0.2) is 0 Å². The van der Waals surface area contributed by atoms with E-state index < -0.39 is 24.3 Å². The highest BCUT2D eigenvalue weighted by molar-refractivity contribution is 4.91. The van der Waals surface area contributed by atoms with Crippen molar-refractivity contribution in [2.45, 2.75) is 30.7 Å². The van der Waals surface area contributed by atoms with Gasteiger partial charge in [-0.1, -0.05) is 0 Å². The van der Waals surface area contributed by atoms with E-state index in [0.717, 1.165) is 0 Å². The van der Waals surface area contributed by atoms with Crippen molar-refractivity contribution in [3.63, 3.8) is 0 Å². The molecule has 5 nitrogen and oxygen atoms in total. The monoisotopic (exact) mass is 177 g/mol. The first kappa shape index (κ1) is 9.88. The van der Waals surface area contributed by atoms with Crippen LogP contribution in [0.4, 0.5) is 0 Å². The minimum Gasteiger partial charge on any atom is -0.395 e. The first-order chi connectivity index (χ1) is 5.69. The predicted octanol–water partition coefficient (Wildman–Crippen LogP) is -2.58. The van der Waals surface area contributed by atoms with Gasteiger partial charge in [-0.3, -0.25) is 0 Å². The third-order valence-electron chi connectivity index (χ3n) is 2.23. The Morgan fingerprint density at radius 1 is 1.00 bits per heavy atom. The summed E-state index contributed by atoms with van der Waals surface area (Å²) in [7, 11) is 0. The maximum absolute atomic E-state index is 9.29. The molecule has 72 valence electrons. The SMILES string of the molecule is OCC1NC(CO)C(O)CC1O. The number of hydrogen-bond acceptors (Lipinski definition) is 5. The fraction of sp³-hybridized carbons (Fsp3) is 1.00. The van der Waals surface area contributed by atoms with Crippen LogP contribution < -0.4 is 5.32 Å². The Kier molecular flexibility index (Phi) is 3.42. The number of nitrogens with one attached hydrogen (secondary N) is 1. The summed E-state index contributed by atoms with van der Waals surface area (Å²) in [5.41, 5.74) is 0. The highest BCUT2D eigenvalue weighted by Crippen LogP contribution is 2.13. The fourth-order valence-corrected chi connectivity index (χ4v) is 1.42. The Balaban J connectivity index is 2.50. The van der Waals surface area contributed by atoms with Gasteiger partial charge in [0.15, 0.2) is 0 Å². The minimum atomic E-state index is -0.743. The first-order valence-corrected chi connectivity index (χ1v) is 4.03. The molecule has 0 bridgehead atoms. The molecule has 5 N–H and O–H groups in total. The number of aliphatic hydroxyl groups is 4. The van der Waals surface area contributed by atoms with Crippen LogP contribution in [0.5, 0.6) is 0 Å². The first-order valence-electron chi connectivity index (χ1n) is 4.03. The van der Waals surface area contributed by atoms with Crippen molar-refractivity contribution in [1.82, 2.24) is 5.32 Å². The van der Waals surface area contributed by atoms with Crippen molar-refractivity contribution < 1.29 is 20.4 Å². The quantitative estimate of drug-likeness (QED) is 0.319. The molecule has 0 aromatic carbocycles. The van der Waals surface area contributed by atoms with Crippen molar-refractivity contribution >= 4 is 0 Å². The van der Waals surface area contributed by atoms with Crippen LogP contribution in [-0.2, 0) is 0 Å². The van der Waals surface area contributed by atoms with E-state index >= 15 is 0 Å². The van der Waals surface area contributed by atoms with Crippen LogP contribution in [0.2, 0.25) is 0 Å². The summed E-state index contributed by atoms with van der Waals surface area (Å²) < 4.78 is 0. The molecular formula is C7H15NO4. The molecular weight excluding hydrogens is 162 g/mol. The van der Waals surface area contributed by atoms with E-state index in [1.807, 2.05) is 0 Å². The van der Waals surface area contributed by atoms with E-state index in [-0.39, 0.29) is 19.6 Å². The second kappa shape index (κ2) is 4.15. The summed E-state index contributed by atoms with van der Waals surface area (Å²) in [4.78, 5) is 0. The van der Waals surface area contributed by atoms with Crippen LogP contribution in [0.1, 0.15) is 6.42 Å². The molecule has 1 heterocycles. The van der Waals surface area contributed by atoms with Gasteiger partial charge in [-0.25, -0.2) is 0 Å². The van der Waals surface area contributed by atoms with Crippen LogP contribution >= 0.6 is 0 Å². The molecule has 4 unspecified atom stereocenters. The van der Waals surface area contributed by atoms with Gasteiger partial charge in [0.1, 0.15) is 0 Å². The number of rotatable bonds is 2. The maximum Gasteiger partial charge on any atom is 0.0740 e. The lowest BCUT2D eigenvalue weighted by Crippen LogP contribution is -2.59. The minimum absolute atomic E-state index is 0.190. The van der Waals surface area contributed by atoms with Gasteiger partial charge in [-0.05, 0) is 0 Å². The van der Waals surface area contributed by atoms with Crippen molar-refractivity contribution in [1.29, 1.82) is 0 Å². The summed E-state index contributed by atoms with van der Waals surface area (Å²) in [5, 5.41) is 38.9. The molecule has 1 saturated heterocycles. The highest BCUT2D eigenvalue weighted by Gasteiger charge is 2.33. The summed E-state index contributed by atoms with van der Waals surface area (Å²) in [6.07, 6.45) is -1.29. The van der Waals surface area contributed by atoms with Gasteiger partial charge in [0.25, 0.3) is 0 Å². The molecule has 1 aliphatic rings. The lowest BCUT2D eigenvalue weighted by molar-refractivity contribution is -0.0311. The van der Waals surface area contributed by atoms with E-state index in [1.165, 1.54) is 0 Å². The number of hydrogen-bond donors (Lipinski definition) is 5. The third-order valence-corrected chi connectivity index (χ3v) is 2.23. The normalized spacial score (nSPS) is 43.0. The Morgan fingerprint density at radius 3 is 1.75 bits per heavy atom. The summed E-state index contributed by atoms with van der Waals surface area (Å²) >= 11 is 0. The van der Waals surface area contributed by atoms with E-state index in [2.05, 4.69) is 5.32 Å². The van der Waals surface area contributed by atoms with Crippen molar-refractivity contribution in [3.05, 3.63) is 0 Å². The van der Waals surface area contributed by atoms with Crippen LogP contribution in [-0.4, -0.2) is 57.9 Å². The van der Waals surface area contributed by atoms with Gasteiger partial charge in [0, 0.05) is 6.42 Å². The Hall–Kier alpha value is -0.200. The van der Waals surface area contributed by atoms with Gasteiger partial charge >= 0.3 is 0 Å². The molecule has 1 fully saturated rings. The molecule has 5 heteroatoms. The lowest BCUT2D eigenvalue weighted by Gasteiger charge is -2.36. The molecule has 4 atom stereocenters. The molecule has 0 aromatic heterocycles. The standard InChI is InChI=1S/C7H15NO4/c9-2-4-6(11)1-7(12)5(3-10)8-4/h4-12H,1-3H2. The molecule has 0 amide bonds. The summed E-state index contributed by atoms with van der Waals surface area (Å²) in [6.45, 7) is -0.380. The molecule has 1 rings (SSSR count). The van der Waals surface area contributed by atoms with E-state index in [9.17, 15) is 10.2 Å². The fourth-order valence-electron chi connectivity index (χ4n) is 1.42. The van der Waals surface area contributed by atoms with Crippen molar-refractivity contribution in [2.75, 3.05) is 13.2 Å². The van der Waals surface area contributed by atoms with E-state index in [0.29, 0.717) is 0 Å². The number of piperidine rings is 1. The molecule has 0 aromatic rings. The van der Waals surface area contributed by atoms with Gasteiger partial charge in [0.05, 0.1) is 37.5 Å². The Labute approximate surface area is 70.6 Å². The second-order valence-corrected chi connectivity index (χ2v) is 3.12. The molecule has 12 heavy (non-hydrogen) atoms. The van der Waals surface area contributed by atoms with Gasteiger partial charge in [-0.15, -0.1) is 0 Å². The molecule has 0 saturated carbocycles. The molecule has 0 spiro atoms. The molecule has 0 aliphatic carbocycles. The zero-order valence-corrected chi connectivity index (χ0v) is 6.72. The van der Waals surface area contributed by atoms with Gasteiger partial charge < -0.3 is 25.7 Å². The topological polar surface area (TPSA) is 93.0 Å².